The minimum atomic E-state index is -1.61. The van der Waals surface area contributed by atoms with E-state index in [1.54, 1.807) is 6.92 Å². The molecule has 1 heterocycles. The fourth-order valence-electron chi connectivity index (χ4n) is 2.14. The standard InChI is InChI=1S/C15H17NO4/c1-2-20-14(18)10-15(19)9-8-13(17)16(15)11-12-6-4-3-5-7-12/h3-9,19H,2,10-11H2,1H3. The Balaban J connectivity index is 2.13. The number of carbonyl (C=O) groups is 2. The predicted molar refractivity (Wildman–Crippen MR) is 72.3 cm³/mol. The van der Waals surface area contributed by atoms with E-state index >= 15 is 0 Å². The SMILES string of the molecule is CCOC(=O)CC1(O)C=CC(=O)N1Cc1ccccc1. The number of hydrogen-bond donors (Lipinski definition) is 1. The van der Waals surface area contributed by atoms with Crippen LogP contribution in [0.5, 0.6) is 0 Å². The highest BCUT2D eigenvalue weighted by Gasteiger charge is 2.41. The third kappa shape index (κ3) is 3.05. The Morgan fingerprint density at radius 2 is 2.05 bits per heavy atom. The van der Waals surface area contributed by atoms with Gasteiger partial charge in [-0.15, -0.1) is 0 Å². The summed E-state index contributed by atoms with van der Waals surface area (Å²) in [6.07, 6.45) is 2.35. The third-order valence-corrected chi connectivity index (χ3v) is 3.12. The summed E-state index contributed by atoms with van der Waals surface area (Å²) >= 11 is 0. The van der Waals surface area contributed by atoms with Crippen LogP contribution < -0.4 is 0 Å². The molecule has 106 valence electrons. The second-order valence-electron chi connectivity index (χ2n) is 4.60. The maximum atomic E-state index is 11.9. The summed E-state index contributed by atoms with van der Waals surface area (Å²) in [5.41, 5.74) is -0.731. The molecule has 1 aliphatic rings. The average molecular weight is 275 g/mol. The molecule has 5 heteroatoms. The Bertz CT molecular complexity index is 526. The monoisotopic (exact) mass is 275 g/mol. The molecule has 20 heavy (non-hydrogen) atoms. The van der Waals surface area contributed by atoms with Crippen LogP contribution in [0.4, 0.5) is 0 Å². The summed E-state index contributed by atoms with van der Waals surface area (Å²) < 4.78 is 4.83. The highest BCUT2D eigenvalue weighted by molar-refractivity contribution is 5.92. The Hall–Kier alpha value is -2.14. The molecule has 1 atom stereocenters. The first-order chi connectivity index (χ1) is 9.55. The molecule has 1 unspecified atom stereocenters. The van der Waals surface area contributed by atoms with Crippen molar-refractivity contribution in [2.45, 2.75) is 25.6 Å². The van der Waals surface area contributed by atoms with E-state index in [2.05, 4.69) is 0 Å². The van der Waals surface area contributed by atoms with Crippen molar-refractivity contribution in [1.29, 1.82) is 0 Å². The van der Waals surface area contributed by atoms with Crippen LogP contribution >= 0.6 is 0 Å². The van der Waals surface area contributed by atoms with Gasteiger partial charge in [0, 0.05) is 12.6 Å². The Labute approximate surface area is 117 Å². The number of esters is 1. The van der Waals surface area contributed by atoms with Gasteiger partial charge in [0.15, 0.2) is 5.72 Å². The van der Waals surface area contributed by atoms with Crippen molar-refractivity contribution >= 4 is 11.9 Å². The normalized spacial score (nSPS) is 21.3. The van der Waals surface area contributed by atoms with Crippen LogP contribution in [0.25, 0.3) is 0 Å². The van der Waals surface area contributed by atoms with Crippen LogP contribution in [0.1, 0.15) is 18.9 Å². The number of rotatable bonds is 5. The van der Waals surface area contributed by atoms with Gasteiger partial charge in [0.1, 0.15) is 0 Å². The molecule has 1 N–H and O–H groups in total. The molecule has 0 bridgehead atoms. The average Bonchev–Trinajstić information content (AvgIpc) is 2.68. The zero-order valence-electron chi connectivity index (χ0n) is 11.3. The molecule has 0 radical (unpaired) electrons. The second kappa shape index (κ2) is 5.88. The van der Waals surface area contributed by atoms with Crippen molar-refractivity contribution in [2.24, 2.45) is 0 Å². The number of carbonyl (C=O) groups excluding carboxylic acids is 2. The van der Waals surface area contributed by atoms with Crippen molar-refractivity contribution < 1.29 is 19.4 Å². The van der Waals surface area contributed by atoms with Gasteiger partial charge in [0.2, 0.25) is 5.91 Å². The summed E-state index contributed by atoms with van der Waals surface area (Å²) in [4.78, 5) is 24.7. The van der Waals surface area contributed by atoms with Gasteiger partial charge in [-0.25, -0.2) is 0 Å². The maximum Gasteiger partial charge on any atom is 0.311 e. The molecule has 5 nitrogen and oxygen atoms in total. The van der Waals surface area contributed by atoms with E-state index in [1.807, 2.05) is 30.3 Å². The molecule has 0 aromatic heterocycles. The summed E-state index contributed by atoms with van der Waals surface area (Å²) in [6, 6.07) is 9.30. The zero-order valence-corrected chi connectivity index (χ0v) is 11.3. The molecule has 0 saturated heterocycles. The van der Waals surface area contributed by atoms with E-state index in [0.29, 0.717) is 0 Å². The van der Waals surface area contributed by atoms with Crippen LogP contribution in [0, 0.1) is 0 Å². The van der Waals surface area contributed by atoms with Crippen LogP contribution in [0.2, 0.25) is 0 Å². The second-order valence-corrected chi connectivity index (χ2v) is 4.60. The topological polar surface area (TPSA) is 66.8 Å². The molecular weight excluding hydrogens is 258 g/mol. The van der Waals surface area contributed by atoms with Gasteiger partial charge < -0.3 is 14.7 Å². The van der Waals surface area contributed by atoms with Crippen LogP contribution in [0.15, 0.2) is 42.5 Å². The maximum absolute atomic E-state index is 11.9. The Morgan fingerprint density at radius 1 is 1.35 bits per heavy atom. The lowest BCUT2D eigenvalue weighted by atomic mass is 10.1. The van der Waals surface area contributed by atoms with E-state index in [4.69, 9.17) is 4.74 Å². The lowest BCUT2D eigenvalue weighted by molar-refractivity contribution is -0.159. The van der Waals surface area contributed by atoms with Gasteiger partial charge in [-0.05, 0) is 18.6 Å². The summed E-state index contributed by atoms with van der Waals surface area (Å²) in [6.45, 7) is 2.17. The molecule has 1 aromatic carbocycles. The third-order valence-electron chi connectivity index (χ3n) is 3.12. The first-order valence-corrected chi connectivity index (χ1v) is 6.48. The van der Waals surface area contributed by atoms with E-state index in [9.17, 15) is 14.7 Å². The summed E-state index contributed by atoms with van der Waals surface area (Å²) in [5.74, 6) is -0.854. The molecule has 0 saturated carbocycles. The number of ether oxygens (including phenoxy) is 1. The van der Waals surface area contributed by atoms with E-state index in [1.165, 1.54) is 17.1 Å². The molecule has 1 aromatic rings. The summed E-state index contributed by atoms with van der Waals surface area (Å²) in [7, 11) is 0. The number of nitrogens with zero attached hydrogens (tertiary/aromatic N) is 1. The van der Waals surface area contributed by atoms with Crippen molar-refractivity contribution in [2.75, 3.05) is 6.61 Å². The van der Waals surface area contributed by atoms with Crippen molar-refractivity contribution in [1.82, 2.24) is 4.90 Å². The molecule has 2 rings (SSSR count). The zero-order chi connectivity index (χ0) is 14.6. The Kier molecular flexibility index (Phi) is 4.20. The number of benzene rings is 1. The first kappa shape index (κ1) is 14.3. The number of aliphatic hydroxyl groups is 1. The van der Waals surface area contributed by atoms with Gasteiger partial charge in [-0.3, -0.25) is 9.59 Å². The highest BCUT2D eigenvalue weighted by atomic mass is 16.5. The van der Waals surface area contributed by atoms with E-state index in [0.717, 1.165) is 5.56 Å². The molecular formula is C15H17NO4. The van der Waals surface area contributed by atoms with Crippen molar-refractivity contribution in [3.05, 3.63) is 48.0 Å². The van der Waals surface area contributed by atoms with Crippen molar-refractivity contribution in [3.8, 4) is 0 Å². The van der Waals surface area contributed by atoms with Crippen molar-refractivity contribution in [3.63, 3.8) is 0 Å². The minimum Gasteiger partial charge on any atom is -0.466 e. The fraction of sp³-hybridized carbons (Fsp3) is 0.333. The lowest BCUT2D eigenvalue weighted by Crippen LogP contribution is -2.47. The van der Waals surface area contributed by atoms with Crippen LogP contribution in [-0.2, 0) is 20.9 Å². The molecule has 1 amide bonds. The lowest BCUT2D eigenvalue weighted by Gasteiger charge is -2.32. The van der Waals surface area contributed by atoms with Gasteiger partial charge >= 0.3 is 5.97 Å². The summed E-state index contributed by atoms with van der Waals surface area (Å²) in [5, 5.41) is 10.5. The van der Waals surface area contributed by atoms with Gasteiger partial charge in [0.05, 0.1) is 13.0 Å². The molecule has 0 fully saturated rings. The highest BCUT2D eigenvalue weighted by Crippen LogP contribution is 2.27. The molecule has 1 aliphatic heterocycles. The first-order valence-electron chi connectivity index (χ1n) is 6.48. The smallest absolute Gasteiger partial charge is 0.311 e. The van der Waals surface area contributed by atoms with E-state index in [-0.39, 0.29) is 25.5 Å². The van der Waals surface area contributed by atoms with E-state index < -0.39 is 11.7 Å². The van der Waals surface area contributed by atoms with Crippen LogP contribution in [0.3, 0.4) is 0 Å². The minimum absolute atomic E-state index is 0.239. The molecule has 0 aliphatic carbocycles. The number of amides is 1. The predicted octanol–water partition coefficient (Wildman–Crippen LogP) is 1.23. The Morgan fingerprint density at radius 3 is 2.70 bits per heavy atom. The fourth-order valence-corrected chi connectivity index (χ4v) is 2.14. The largest absolute Gasteiger partial charge is 0.466 e. The molecule has 0 spiro atoms. The van der Waals surface area contributed by atoms with Gasteiger partial charge in [-0.2, -0.15) is 0 Å². The number of hydrogen-bond acceptors (Lipinski definition) is 4. The quantitative estimate of drug-likeness (QED) is 0.821. The van der Waals surface area contributed by atoms with Gasteiger partial charge in [0.25, 0.3) is 0 Å². The van der Waals surface area contributed by atoms with Gasteiger partial charge in [-0.1, -0.05) is 30.3 Å². The van der Waals surface area contributed by atoms with Crippen LogP contribution in [-0.4, -0.2) is 34.2 Å².